The van der Waals surface area contributed by atoms with Crippen molar-refractivity contribution in [3.8, 4) is 0 Å². The summed E-state index contributed by atoms with van der Waals surface area (Å²) in [6.07, 6.45) is 9.55. The summed E-state index contributed by atoms with van der Waals surface area (Å²) in [6.45, 7) is 5.51. The fraction of sp³-hybridized carbons (Fsp3) is 0.944. The monoisotopic (exact) mass is 339 g/mol. The second kappa shape index (κ2) is 8.72. The first-order valence-corrected chi connectivity index (χ1v) is 10.7. The van der Waals surface area contributed by atoms with Gasteiger partial charge in [0.2, 0.25) is 5.91 Å². The Hall–Kier alpha value is -0.260. The van der Waals surface area contributed by atoms with Crippen molar-refractivity contribution < 1.29 is 4.79 Å². The summed E-state index contributed by atoms with van der Waals surface area (Å²) in [5, 5.41) is 6.70. The van der Waals surface area contributed by atoms with Crippen molar-refractivity contribution in [1.29, 1.82) is 0 Å². The van der Waals surface area contributed by atoms with Crippen LogP contribution < -0.4 is 10.6 Å². The van der Waals surface area contributed by atoms with Crippen LogP contribution in [0.25, 0.3) is 0 Å². The zero-order valence-electron chi connectivity index (χ0n) is 14.4. The summed E-state index contributed by atoms with van der Waals surface area (Å²) < 4.78 is 0. The van der Waals surface area contributed by atoms with E-state index in [0.717, 1.165) is 26.1 Å². The van der Waals surface area contributed by atoms with E-state index in [2.05, 4.69) is 27.3 Å². The highest BCUT2D eigenvalue weighted by atomic mass is 32.2. The Morgan fingerprint density at radius 1 is 1.22 bits per heavy atom. The van der Waals surface area contributed by atoms with E-state index in [-0.39, 0.29) is 11.4 Å². The maximum Gasteiger partial charge on any atom is 0.220 e. The van der Waals surface area contributed by atoms with Gasteiger partial charge in [-0.15, -0.1) is 0 Å². The summed E-state index contributed by atoms with van der Waals surface area (Å²) >= 11 is 2.07. The van der Waals surface area contributed by atoms with Crippen molar-refractivity contribution in [3.63, 3.8) is 0 Å². The van der Waals surface area contributed by atoms with E-state index >= 15 is 0 Å². The van der Waals surface area contributed by atoms with Gasteiger partial charge in [0.05, 0.1) is 0 Å². The van der Waals surface area contributed by atoms with E-state index < -0.39 is 0 Å². The molecule has 1 atom stereocenters. The molecule has 3 fully saturated rings. The fourth-order valence-corrected chi connectivity index (χ4v) is 5.40. The molecule has 2 heterocycles. The first kappa shape index (κ1) is 17.6. The molecule has 2 saturated heterocycles. The van der Waals surface area contributed by atoms with E-state index in [0.29, 0.717) is 12.3 Å². The Balaban J connectivity index is 1.48. The number of amides is 1. The third-order valence-corrected chi connectivity index (χ3v) is 6.97. The minimum atomic E-state index is 0.254. The molecule has 3 aliphatic rings. The smallest absolute Gasteiger partial charge is 0.220 e. The normalized spacial score (nSPS) is 28.6. The highest BCUT2D eigenvalue weighted by Crippen LogP contribution is 2.34. The molecule has 1 aliphatic carbocycles. The minimum Gasteiger partial charge on any atom is -0.354 e. The lowest BCUT2D eigenvalue weighted by Gasteiger charge is -2.48. The van der Waals surface area contributed by atoms with Gasteiger partial charge in [0.25, 0.3) is 0 Å². The number of nitrogens with zero attached hydrogens (tertiary/aromatic N) is 1. The molecule has 0 aromatic rings. The Kier molecular flexibility index (Phi) is 6.66. The van der Waals surface area contributed by atoms with Crippen LogP contribution in [0.15, 0.2) is 0 Å². The van der Waals surface area contributed by atoms with Gasteiger partial charge in [-0.05, 0) is 44.7 Å². The molecular formula is C18H33N3OS. The van der Waals surface area contributed by atoms with E-state index in [9.17, 15) is 4.79 Å². The molecule has 2 aliphatic heterocycles. The van der Waals surface area contributed by atoms with Gasteiger partial charge in [-0.1, -0.05) is 19.3 Å². The summed E-state index contributed by atoms with van der Waals surface area (Å²) in [6, 6.07) is 0. The van der Waals surface area contributed by atoms with E-state index in [1.165, 1.54) is 63.1 Å². The van der Waals surface area contributed by atoms with Crippen LogP contribution in [0.2, 0.25) is 0 Å². The summed E-state index contributed by atoms with van der Waals surface area (Å²) in [4.78, 5) is 15.0. The van der Waals surface area contributed by atoms with Gasteiger partial charge in [-0.3, -0.25) is 9.69 Å². The van der Waals surface area contributed by atoms with Crippen molar-refractivity contribution in [2.75, 3.05) is 44.2 Å². The van der Waals surface area contributed by atoms with Crippen LogP contribution in [0, 0.1) is 5.92 Å². The topological polar surface area (TPSA) is 44.4 Å². The maximum atomic E-state index is 12.3. The number of carbonyl (C=O) groups is 1. The highest BCUT2D eigenvalue weighted by molar-refractivity contribution is 7.99. The maximum absolute atomic E-state index is 12.3. The van der Waals surface area contributed by atoms with E-state index in [4.69, 9.17) is 0 Å². The molecular weight excluding hydrogens is 306 g/mol. The molecule has 0 aromatic carbocycles. The van der Waals surface area contributed by atoms with Crippen molar-refractivity contribution in [1.82, 2.24) is 15.5 Å². The number of hydrogen-bond donors (Lipinski definition) is 2. The first-order valence-electron chi connectivity index (χ1n) is 9.59. The molecule has 132 valence electrons. The summed E-state index contributed by atoms with van der Waals surface area (Å²) in [5.41, 5.74) is 0.254. The fourth-order valence-electron chi connectivity index (χ4n) is 4.50. The van der Waals surface area contributed by atoms with Gasteiger partial charge in [0, 0.05) is 43.1 Å². The van der Waals surface area contributed by atoms with E-state index in [1.54, 1.807) is 0 Å². The Labute approximate surface area is 145 Å². The average Bonchev–Trinajstić information content (AvgIpc) is 3.13. The highest BCUT2D eigenvalue weighted by Gasteiger charge is 2.38. The van der Waals surface area contributed by atoms with Crippen molar-refractivity contribution >= 4 is 17.7 Å². The van der Waals surface area contributed by atoms with Crippen LogP contribution in [0.3, 0.4) is 0 Å². The molecule has 0 radical (unpaired) electrons. The molecule has 1 amide bonds. The second-order valence-corrected chi connectivity index (χ2v) is 8.78. The lowest BCUT2D eigenvalue weighted by molar-refractivity contribution is -0.122. The summed E-state index contributed by atoms with van der Waals surface area (Å²) in [7, 11) is 0. The molecule has 23 heavy (non-hydrogen) atoms. The van der Waals surface area contributed by atoms with Crippen LogP contribution in [0.4, 0.5) is 0 Å². The third-order valence-electron chi connectivity index (χ3n) is 6.02. The van der Waals surface area contributed by atoms with Gasteiger partial charge in [-0.2, -0.15) is 11.8 Å². The van der Waals surface area contributed by atoms with Crippen LogP contribution in [-0.4, -0.2) is 60.6 Å². The SMILES string of the molecule is O=C(CCC1CCNC1)NCC1(N2CCSCC2)CCCCC1. The van der Waals surface area contributed by atoms with Crippen molar-refractivity contribution in [2.24, 2.45) is 5.92 Å². The predicted octanol–water partition coefficient (Wildman–Crippen LogP) is 2.24. The standard InChI is InChI=1S/C18H33N3OS/c22-17(5-4-16-6-9-19-14-16)20-15-18(7-2-1-3-8-18)21-10-12-23-13-11-21/h16,19H,1-15H2,(H,20,22). The largest absolute Gasteiger partial charge is 0.354 e. The molecule has 1 saturated carbocycles. The van der Waals surface area contributed by atoms with Crippen molar-refractivity contribution in [2.45, 2.75) is 56.9 Å². The number of carbonyl (C=O) groups excluding carboxylic acids is 1. The predicted molar refractivity (Wildman–Crippen MR) is 97.9 cm³/mol. The van der Waals surface area contributed by atoms with Gasteiger partial charge < -0.3 is 10.6 Å². The number of hydrogen-bond acceptors (Lipinski definition) is 4. The molecule has 5 heteroatoms. The lowest BCUT2D eigenvalue weighted by atomic mass is 9.80. The van der Waals surface area contributed by atoms with Crippen LogP contribution >= 0.6 is 11.8 Å². The van der Waals surface area contributed by atoms with E-state index in [1.807, 2.05) is 0 Å². The zero-order valence-corrected chi connectivity index (χ0v) is 15.3. The quantitative estimate of drug-likeness (QED) is 0.779. The molecule has 1 unspecified atom stereocenters. The summed E-state index contributed by atoms with van der Waals surface area (Å²) in [5.74, 6) is 3.49. The van der Waals surface area contributed by atoms with Gasteiger partial charge in [-0.25, -0.2) is 0 Å². The van der Waals surface area contributed by atoms with Crippen LogP contribution in [-0.2, 0) is 4.79 Å². The lowest BCUT2D eigenvalue weighted by Crippen LogP contribution is -2.58. The average molecular weight is 340 g/mol. The Morgan fingerprint density at radius 3 is 2.70 bits per heavy atom. The van der Waals surface area contributed by atoms with Crippen molar-refractivity contribution in [3.05, 3.63) is 0 Å². The Bertz CT molecular complexity index is 372. The molecule has 0 bridgehead atoms. The van der Waals surface area contributed by atoms with Gasteiger partial charge in [0.15, 0.2) is 0 Å². The Morgan fingerprint density at radius 2 is 2.00 bits per heavy atom. The number of nitrogens with one attached hydrogen (secondary N) is 2. The third kappa shape index (κ3) is 4.86. The second-order valence-electron chi connectivity index (χ2n) is 7.56. The molecule has 4 nitrogen and oxygen atoms in total. The first-order chi connectivity index (χ1) is 11.3. The van der Waals surface area contributed by atoms with Gasteiger partial charge in [0.1, 0.15) is 0 Å². The molecule has 0 aromatic heterocycles. The number of rotatable bonds is 6. The van der Waals surface area contributed by atoms with Crippen LogP contribution in [0.1, 0.15) is 51.4 Å². The number of thioether (sulfide) groups is 1. The zero-order chi connectivity index (χ0) is 16.0. The molecule has 0 spiro atoms. The minimum absolute atomic E-state index is 0.254. The molecule has 2 N–H and O–H groups in total. The molecule has 3 rings (SSSR count). The van der Waals surface area contributed by atoms with Crippen LogP contribution in [0.5, 0.6) is 0 Å². The van der Waals surface area contributed by atoms with Gasteiger partial charge >= 0.3 is 0 Å².